The molecular formula is C43H84. The van der Waals surface area contributed by atoms with Gasteiger partial charge in [0.2, 0.25) is 0 Å². The Hall–Kier alpha value is 0. The van der Waals surface area contributed by atoms with E-state index in [9.17, 15) is 0 Å². The van der Waals surface area contributed by atoms with Crippen LogP contribution in [0.15, 0.2) is 0 Å². The summed E-state index contributed by atoms with van der Waals surface area (Å²) in [6.07, 6.45) is 47.9. The maximum Gasteiger partial charge on any atom is -0.0238 e. The predicted octanol–water partition coefficient (Wildman–Crippen LogP) is 15.7. The summed E-state index contributed by atoms with van der Waals surface area (Å²) in [6.45, 7) is 12.3. The highest BCUT2D eigenvalue weighted by Gasteiger charge is 2.56. The van der Waals surface area contributed by atoms with Crippen molar-refractivity contribution in [3.63, 3.8) is 0 Å². The summed E-state index contributed by atoms with van der Waals surface area (Å²) >= 11 is 0. The zero-order chi connectivity index (χ0) is 31.0. The minimum Gasteiger partial charge on any atom is -0.0654 e. The Labute approximate surface area is 274 Å². The fourth-order valence-electron chi connectivity index (χ4n) is 9.10. The van der Waals surface area contributed by atoms with Gasteiger partial charge in [-0.3, -0.25) is 0 Å². The highest BCUT2D eigenvalue weighted by Crippen LogP contribution is 2.64. The van der Waals surface area contributed by atoms with E-state index in [1.807, 2.05) is 0 Å². The SMILES string of the molecule is CCCCCCCCCCCCCCCCCCCCCCCCCCCC1CC1(CCCC1CC(C)C1)C(C)C(C)C. The molecule has 2 aliphatic carbocycles. The summed E-state index contributed by atoms with van der Waals surface area (Å²) in [6, 6.07) is 0. The smallest absolute Gasteiger partial charge is 0.0238 e. The monoisotopic (exact) mass is 601 g/mol. The fraction of sp³-hybridized carbons (Fsp3) is 1.00. The van der Waals surface area contributed by atoms with Crippen LogP contribution < -0.4 is 0 Å². The van der Waals surface area contributed by atoms with Gasteiger partial charge in [-0.1, -0.05) is 208 Å². The molecule has 0 N–H and O–H groups in total. The van der Waals surface area contributed by atoms with Crippen molar-refractivity contribution in [2.75, 3.05) is 0 Å². The van der Waals surface area contributed by atoms with Crippen molar-refractivity contribution < 1.29 is 0 Å². The number of rotatable bonds is 32. The molecular weight excluding hydrogens is 516 g/mol. The van der Waals surface area contributed by atoms with Gasteiger partial charge in [0.05, 0.1) is 0 Å². The first-order valence-corrected chi connectivity index (χ1v) is 21.0. The highest BCUT2D eigenvalue weighted by atomic mass is 14.6. The van der Waals surface area contributed by atoms with Crippen LogP contribution in [0.5, 0.6) is 0 Å². The van der Waals surface area contributed by atoms with Crippen LogP contribution in [0.4, 0.5) is 0 Å². The largest absolute Gasteiger partial charge is 0.0654 e. The van der Waals surface area contributed by atoms with Crippen LogP contribution >= 0.6 is 0 Å². The second-order valence-corrected chi connectivity index (χ2v) is 16.8. The Kier molecular flexibility index (Phi) is 22.9. The van der Waals surface area contributed by atoms with Gasteiger partial charge in [-0.25, -0.2) is 0 Å². The maximum atomic E-state index is 2.59. The molecule has 0 nitrogen and oxygen atoms in total. The van der Waals surface area contributed by atoms with E-state index in [-0.39, 0.29) is 0 Å². The molecule has 0 amide bonds. The first-order valence-electron chi connectivity index (χ1n) is 21.0. The van der Waals surface area contributed by atoms with Gasteiger partial charge < -0.3 is 0 Å². The lowest BCUT2D eigenvalue weighted by molar-refractivity contribution is 0.169. The van der Waals surface area contributed by atoms with Crippen molar-refractivity contribution >= 4 is 0 Å². The van der Waals surface area contributed by atoms with Gasteiger partial charge in [0.1, 0.15) is 0 Å². The van der Waals surface area contributed by atoms with E-state index in [2.05, 4.69) is 34.6 Å². The quantitative estimate of drug-likeness (QED) is 0.0674. The van der Waals surface area contributed by atoms with Gasteiger partial charge in [-0.05, 0) is 67.1 Å². The van der Waals surface area contributed by atoms with Gasteiger partial charge in [0.25, 0.3) is 0 Å². The molecule has 0 aliphatic heterocycles. The normalized spacial score (nSPS) is 24.0. The van der Waals surface area contributed by atoms with Gasteiger partial charge >= 0.3 is 0 Å². The summed E-state index contributed by atoms with van der Waals surface area (Å²) in [5, 5.41) is 0. The van der Waals surface area contributed by atoms with Crippen molar-refractivity contribution in [1.82, 2.24) is 0 Å². The molecule has 3 unspecified atom stereocenters. The topological polar surface area (TPSA) is 0 Å². The van der Waals surface area contributed by atoms with E-state index >= 15 is 0 Å². The van der Waals surface area contributed by atoms with E-state index in [1.165, 1.54) is 193 Å². The van der Waals surface area contributed by atoms with Crippen LogP contribution in [0, 0.1) is 35.0 Å². The molecule has 256 valence electrons. The second-order valence-electron chi connectivity index (χ2n) is 16.8. The zero-order valence-corrected chi connectivity index (χ0v) is 31.0. The van der Waals surface area contributed by atoms with Crippen LogP contribution in [-0.2, 0) is 0 Å². The Morgan fingerprint density at radius 2 is 0.860 bits per heavy atom. The minimum absolute atomic E-state index is 0.732. The minimum atomic E-state index is 0.732. The fourth-order valence-corrected chi connectivity index (χ4v) is 9.10. The van der Waals surface area contributed by atoms with Crippen LogP contribution in [0.2, 0.25) is 0 Å². The molecule has 0 radical (unpaired) electrons. The maximum absolute atomic E-state index is 2.59. The number of hydrogen-bond acceptors (Lipinski definition) is 0. The molecule has 0 bridgehead atoms. The third-order valence-electron chi connectivity index (χ3n) is 12.6. The lowest BCUT2D eigenvalue weighted by atomic mass is 9.71. The lowest BCUT2D eigenvalue weighted by Crippen LogP contribution is -2.23. The van der Waals surface area contributed by atoms with Gasteiger partial charge in [-0.2, -0.15) is 0 Å². The van der Waals surface area contributed by atoms with Crippen molar-refractivity contribution in [3.05, 3.63) is 0 Å². The first-order chi connectivity index (χ1) is 21.0. The molecule has 2 rings (SSSR count). The number of hydrogen-bond donors (Lipinski definition) is 0. The molecule has 2 aliphatic rings. The molecule has 2 saturated carbocycles. The van der Waals surface area contributed by atoms with E-state index < -0.39 is 0 Å². The molecule has 43 heavy (non-hydrogen) atoms. The van der Waals surface area contributed by atoms with Crippen LogP contribution in [-0.4, -0.2) is 0 Å². The van der Waals surface area contributed by atoms with E-state index in [0.29, 0.717) is 0 Å². The molecule has 0 aromatic rings. The zero-order valence-electron chi connectivity index (χ0n) is 31.0. The third-order valence-corrected chi connectivity index (χ3v) is 12.6. The predicted molar refractivity (Wildman–Crippen MR) is 196 cm³/mol. The molecule has 2 fully saturated rings. The summed E-state index contributed by atoms with van der Waals surface area (Å²) < 4.78 is 0. The third kappa shape index (κ3) is 18.1. The van der Waals surface area contributed by atoms with E-state index in [0.717, 1.165) is 35.0 Å². The summed E-state index contributed by atoms with van der Waals surface area (Å²) in [4.78, 5) is 0. The molecule has 0 spiro atoms. The van der Waals surface area contributed by atoms with Crippen LogP contribution in [0.1, 0.15) is 240 Å². The Bertz CT molecular complexity index is 599. The van der Waals surface area contributed by atoms with Crippen LogP contribution in [0.25, 0.3) is 0 Å². The Morgan fingerprint density at radius 1 is 0.488 bits per heavy atom. The van der Waals surface area contributed by atoms with Crippen molar-refractivity contribution in [2.45, 2.75) is 240 Å². The average Bonchev–Trinajstić information content (AvgIpc) is 3.69. The standard InChI is InChI=1S/C43H84/c1-6-7-8-9-10-11-12-13-14-15-16-17-18-19-20-21-22-23-24-25-26-27-28-29-30-33-42-37-43(42,40(5)38(2)3)34-31-32-41-35-39(4)36-41/h38-42H,6-37H2,1-5H3. The van der Waals surface area contributed by atoms with Gasteiger partial charge in [0, 0.05) is 0 Å². The van der Waals surface area contributed by atoms with Crippen molar-refractivity contribution in [3.8, 4) is 0 Å². The molecule has 3 atom stereocenters. The first kappa shape index (κ1) is 39.2. The molecule has 0 aromatic heterocycles. The summed E-state index contributed by atoms with van der Waals surface area (Å²) in [5.41, 5.74) is 0.732. The van der Waals surface area contributed by atoms with Crippen molar-refractivity contribution in [2.24, 2.45) is 35.0 Å². The van der Waals surface area contributed by atoms with E-state index in [1.54, 1.807) is 12.8 Å². The summed E-state index contributed by atoms with van der Waals surface area (Å²) in [5.74, 6) is 4.96. The Morgan fingerprint density at radius 3 is 1.21 bits per heavy atom. The van der Waals surface area contributed by atoms with Crippen molar-refractivity contribution in [1.29, 1.82) is 0 Å². The summed E-state index contributed by atoms with van der Waals surface area (Å²) in [7, 11) is 0. The molecule has 0 heteroatoms. The Balaban J connectivity index is 1.28. The van der Waals surface area contributed by atoms with Crippen LogP contribution in [0.3, 0.4) is 0 Å². The molecule has 0 heterocycles. The second kappa shape index (κ2) is 25.1. The van der Waals surface area contributed by atoms with Gasteiger partial charge in [-0.15, -0.1) is 0 Å². The number of unbranched alkanes of at least 4 members (excludes halogenated alkanes) is 24. The van der Waals surface area contributed by atoms with Gasteiger partial charge in [0.15, 0.2) is 0 Å². The molecule has 0 aromatic carbocycles. The highest BCUT2D eigenvalue weighted by molar-refractivity contribution is 5.05. The van der Waals surface area contributed by atoms with E-state index in [4.69, 9.17) is 0 Å². The average molecular weight is 601 g/mol. The molecule has 0 saturated heterocycles. The lowest BCUT2D eigenvalue weighted by Gasteiger charge is -2.34.